The van der Waals surface area contributed by atoms with E-state index < -0.39 is 0 Å². The zero-order valence-corrected chi connectivity index (χ0v) is 14.0. The van der Waals surface area contributed by atoms with Gasteiger partial charge < -0.3 is 14.4 Å². The maximum absolute atomic E-state index is 5.87. The Labute approximate surface area is 142 Å². The van der Waals surface area contributed by atoms with E-state index >= 15 is 0 Å². The van der Waals surface area contributed by atoms with Crippen molar-refractivity contribution in [1.82, 2.24) is 4.98 Å². The number of anilines is 1. The average Bonchev–Trinajstić information content (AvgIpc) is 3.08. The summed E-state index contributed by atoms with van der Waals surface area (Å²) < 4.78 is 11.7. The SMILES string of the molecule is c1cc2c3c(cncc3c1)CCN2CC1CCC2(CC1)OCCO2. The number of pyridine rings is 1. The molecule has 0 radical (unpaired) electrons. The number of hydrogen-bond acceptors (Lipinski definition) is 4. The minimum absolute atomic E-state index is 0.239. The van der Waals surface area contributed by atoms with E-state index in [0.717, 1.165) is 51.5 Å². The molecule has 1 spiro atoms. The van der Waals surface area contributed by atoms with Crippen molar-refractivity contribution in [2.45, 2.75) is 37.9 Å². The molecule has 4 heteroatoms. The second kappa shape index (κ2) is 5.71. The van der Waals surface area contributed by atoms with Gasteiger partial charge in [0.05, 0.1) is 13.2 Å². The van der Waals surface area contributed by atoms with Gasteiger partial charge in [-0.05, 0) is 36.8 Å². The number of aromatic nitrogens is 1. The van der Waals surface area contributed by atoms with Gasteiger partial charge in [0.25, 0.3) is 0 Å². The highest BCUT2D eigenvalue weighted by Crippen LogP contribution is 2.40. The molecule has 1 saturated heterocycles. The first-order valence-corrected chi connectivity index (χ1v) is 9.21. The highest BCUT2D eigenvalue weighted by atomic mass is 16.7. The van der Waals surface area contributed by atoms with Crippen molar-refractivity contribution < 1.29 is 9.47 Å². The molecule has 0 N–H and O–H groups in total. The molecule has 0 unspecified atom stereocenters. The summed E-state index contributed by atoms with van der Waals surface area (Å²) in [6.45, 7) is 3.79. The maximum atomic E-state index is 5.87. The second-order valence-corrected chi connectivity index (χ2v) is 7.42. The van der Waals surface area contributed by atoms with E-state index in [0.29, 0.717) is 0 Å². The van der Waals surface area contributed by atoms with Gasteiger partial charge in [-0.25, -0.2) is 0 Å². The van der Waals surface area contributed by atoms with Gasteiger partial charge in [-0.15, -0.1) is 0 Å². The first kappa shape index (κ1) is 14.7. The van der Waals surface area contributed by atoms with Gasteiger partial charge in [0.2, 0.25) is 0 Å². The summed E-state index contributed by atoms with van der Waals surface area (Å²) in [5, 5.41) is 2.68. The second-order valence-electron chi connectivity index (χ2n) is 7.42. The maximum Gasteiger partial charge on any atom is 0.168 e. The first-order valence-electron chi connectivity index (χ1n) is 9.21. The lowest BCUT2D eigenvalue weighted by Gasteiger charge is -2.39. The lowest BCUT2D eigenvalue weighted by Crippen LogP contribution is -2.40. The van der Waals surface area contributed by atoms with Crippen LogP contribution in [0.3, 0.4) is 0 Å². The number of ether oxygens (including phenoxy) is 2. The third-order valence-electron chi connectivity index (χ3n) is 5.99. The highest BCUT2D eigenvalue weighted by molar-refractivity contribution is 5.97. The van der Waals surface area contributed by atoms with Crippen LogP contribution in [0.5, 0.6) is 0 Å². The molecule has 1 saturated carbocycles. The van der Waals surface area contributed by atoms with E-state index in [-0.39, 0.29) is 5.79 Å². The normalized spacial score (nSPS) is 23.2. The monoisotopic (exact) mass is 324 g/mol. The van der Waals surface area contributed by atoms with Crippen LogP contribution in [-0.4, -0.2) is 37.1 Å². The van der Waals surface area contributed by atoms with Crippen LogP contribution in [0.4, 0.5) is 5.69 Å². The summed E-state index contributed by atoms with van der Waals surface area (Å²) >= 11 is 0. The van der Waals surface area contributed by atoms with E-state index in [1.54, 1.807) is 0 Å². The zero-order chi connectivity index (χ0) is 16.0. The molecule has 24 heavy (non-hydrogen) atoms. The van der Waals surface area contributed by atoms with Gasteiger partial charge in [0.1, 0.15) is 0 Å². The molecule has 1 aromatic carbocycles. The summed E-state index contributed by atoms with van der Waals surface area (Å²) in [5.74, 6) is 0.499. The van der Waals surface area contributed by atoms with E-state index in [1.807, 2.05) is 12.4 Å². The quantitative estimate of drug-likeness (QED) is 0.846. The predicted molar refractivity (Wildman–Crippen MR) is 94.3 cm³/mol. The fraction of sp³-hybridized carbons (Fsp3) is 0.550. The van der Waals surface area contributed by atoms with E-state index in [4.69, 9.17) is 9.47 Å². The molecule has 2 aromatic rings. The van der Waals surface area contributed by atoms with Crippen molar-refractivity contribution in [1.29, 1.82) is 0 Å². The fourth-order valence-corrected chi connectivity index (χ4v) is 4.70. The molecule has 2 aliphatic heterocycles. The van der Waals surface area contributed by atoms with E-state index in [1.165, 1.54) is 34.9 Å². The summed E-state index contributed by atoms with van der Waals surface area (Å²) in [7, 11) is 0. The van der Waals surface area contributed by atoms with E-state index in [2.05, 4.69) is 28.1 Å². The molecule has 0 bridgehead atoms. The molecule has 3 heterocycles. The van der Waals surface area contributed by atoms with Crippen molar-refractivity contribution >= 4 is 16.5 Å². The Morgan fingerprint density at radius 3 is 2.79 bits per heavy atom. The zero-order valence-electron chi connectivity index (χ0n) is 14.0. The Kier molecular flexibility index (Phi) is 3.49. The molecule has 126 valence electrons. The van der Waals surface area contributed by atoms with Gasteiger partial charge in [0, 0.05) is 54.8 Å². The highest BCUT2D eigenvalue weighted by Gasteiger charge is 2.40. The third-order valence-corrected chi connectivity index (χ3v) is 5.99. The third kappa shape index (κ3) is 2.40. The van der Waals surface area contributed by atoms with Crippen LogP contribution in [0.15, 0.2) is 30.6 Å². The number of nitrogens with zero attached hydrogens (tertiary/aromatic N) is 2. The van der Waals surface area contributed by atoms with Crippen LogP contribution in [-0.2, 0) is 15.9 Å². The lowest BCUT2D eigenvalue weighted by molar-refractivity contribution is -0.182. The van der Waals surface area contributed by atoms with Crippen LogP contribution in [0.25, 0.3) is 10.8 Å². The number of rotatable bonds is 2. The van der Waals surface area contributed by atoms with Crippen LogP contribution >= 0.6 is 0 Å². The Morgan fingerprint density at radius 1 is 1.12 bits per heavy atom. The Bertz CT molecular complexity index is 739. The fourth-order valence-electron chi connectivity index (χ4n) is 4.70. The Morgan fingerprint density at radius 2 is 1.96 bits per heavy atom. The van der Waals surface area contributed by atoms with Gasteiger partial charge in [0.15, 0.2) is 5.79 Å². The molecule has 2 fully saturated rings. The molecule has 5 rings (SSSR count). The van der Waals surface area contributed by atoms with Crippen molar-refractivity contribution in [2.75, 3.05) is 31.2 Å². The summed E-state index contributed by atoms with van der Waals surface area (Å²) in [6, 6.07) is 6.62. The van der Waals surface area contributed by atoms with Crippen molar-refractivity contribution in [3.05, 3.63) is 36.2 Å². The first-order chi connectivity index (χ1) is 11.8. The lowest BCUT2D eigenvalue weighted by atomic mass is 9.84. The van der Waals surface area contributed by atoms with Gasteiger partial charge in [-0.2, -0.15) is 0 Å². The van der Waals surface area contributed by atoms with Gasteiger partial charge in [-0.3, -0.25) is 4.98 Å². The van der Waals surface area contributed by atoms with Crippen LogP contribution in [0.2, 0.25) is 0 Å². The average molecular weight is 324 g/mol. The van der Waals surface area contributed by atoms with E-state index in [9.17, 15) is 0 Å². The van der Waals surface area contributed by atoms with Crippen molar-refractivity contribution in [3.8, 4) is 0 Å². The van der Waals surface area contributed by atoms with Crippen molar-refractivity contribution in [2.24, 2.45) is 5.92 Å². The number of benzene rings is 1. The molecular weight excluding hydrogens is 300 g/mol. The summed E-state index contributed by atoms with van der Waals surface area (Å²) in [4.78, 5) is 6.99. The standard InChI is InChI=1S/C20H24N2O2/c1-2-16-12-21-13-17-6-9-22(18(3-1)19(16)17)14-15-4-7-20(8-5-15)23-10-11-24-20/h1-3,12-13,15H,4-11,14H2. The Hall–Kier alpha value is -1.65. The molecular formula is C20H24N2O2. The topological polar surface area (TPSA) is 34.6 Å². The Balaban J connectivity index is 1.35. The molecule has 1 aromatic heterocycles. The molecule has 1 aliphatic carbocycles. The molecule has 0 amide bonds. The smallest absolute Gasteiger partial charge is 0.168 e. The molecule has 4 nitrogen and oxygen atoms in total. The van der Waals surface area contributed by atoms with Gasteiger partial charge in [-0.1, -0.05) is 12.1 Å². The molecule has 3 aliphatic rings. The number of hydrogen-bond donors (Lipinski definition) is 0. The van der Waals surface area contributed by atoms with Crippen molar-refractivity contribution in [3.63, 3.8) is 0 Å². The minimum atomic E-state index is -0.239. The van der Waals surface area contributed by atoms with Crippen LogP contribution in [0.1, 0.15) is 31.2 Å². The summed E-state index contributed by atoms with van der Waals surface area (Å²) in [5.41, 5.74) is 2.79. The van der Waals surface area contributed by atoms with Crippen LogP contribution < -0.4 is 4.90 Å². The summed E-state index contributed by atoms with van der Waals surface area (Å²) in [6.07, 6.45) is 9.65. The van der Waals surface area contributed by atoms with Gasteiger partial charge >= 0.3 is 0 Å². The predicted octanol–water partition coefficient (Wildman–Crippen LogP) is 3.53. The largest absolute Gasteiger partial charge is 0.370 e. The molecule has 0 atom stereocenters. The minimum Gasteiger partial charge on any atom is -0.370 e. The van der Waals surface area contributed by atoms with Crippen LogP contribution in [0, 0.1) is 5.92 Å².